The fraction of sp³-hybridized carbons (Fsp3) is 0.400. The normalized spacial score (nSPS) is 12.9. The summed E-state index contributed by atoms with van der Waals surface area (Å²) in [4.78, 5) is 6.97. The highest BCUT2D eigenvalue weighted by atomic mass is 32.2. The van der Waals surface area contributed by atoms with Crippen LogP contribution in [0.15, 0.2) is 22.3 Å². The van der Waals surface area contributed by atoms with E-state index in [1.807, 2.05) is 0 Å². The molecule has 9 heteroatoms. The molecule has 1 rings (SSSR count). The Morgan fingerprint density at radius 3 is 2.63 bits per heavy atom. The van der Waals surface area contributed by atoms with Crippen LogP contribution in [-0.4, -0.2) is 31.7 Å². The van der Waals surface area contributed by atoms with Gasteiger partial charge in [0.2, 0.25) is 0 Å². The van der Waals surface area contributed by atoms with E-state index in [-0.39, 0.29) is 21.9 Å². The van der Waals surface area contributed by atoms with E-state index in [0.717, 1.165) is 6.21 Å². The lowest BCUT2D eigenvalue weighted by Gasteiger charge is -2.05. The average Bonchev–Trinajstić information content (AvgIpc) is 2.29. The molecule has 106 valence electrons. The quantitative estimate of drug-likeness (QED) is 0.630. The number of hydrogen-bond donors (Lipinski definition) is 0. The zero-order valence-corrected chi connectivity index (χ0v) is 10.9. The van der Waals surface area contributed by atoms with Gasteiger partial charge in [-0.3, -0.25) is 9.82 Å². The lowest BCUT2D eigenvalue weighted by Crippen LogP contribution is -2.09. The van der Waals surface area contributed by atoms with Crippen LogP contribution in [0.2, 0.25) is 0 Å². The van der Waals surface area contributed by atoms with E-state index in [4.69, 9.17) is 0 Å². The molecule has 0 atom stereocenters. The van der Waals surface area contributed by atoms with Crippen molar-refractivity contribution in [2.24, 2.45) is 5.16 Å². The summed E-state index contributed by atoms with van der Waals surface area (Å²) in [7, 11) is -3.49. The van der Waals surface area contributed by atoms with Crippen LogP contribution >= 0.6 is 0 Å². The predicted octanol–water partition coefficient (Wildman–Crippen LogP) is 2.05. The van der Waals surface area contributed by atoms with Crippen molar-refractivity contribution in [2.45, 2.75) is 25.1 Å². The van der Waals surface area contributed by atoms with Crippen molar-refractivity contribution in [3.63, 3.8) is 0 Å². The molecule has 0 aliphatic heterocycles. The highest BCUT2D eigenvalue weighted by Crippen LogP contribution is 2.17. The third kappa shape index (κ3) is 4.51. The third-order valence-electron chi connectivity index (χ3n) is 2.13. The Bertz CT molecular complexity index is 582. The molecule has 0 saturated heterocycles. The minimum absolute atomic E-state index is 0.0361. The van der Waals surface area contributed by atoms with Crippen LogP contribution < -0.4 is 0 Å². The van der Waals surface area contributed by atoms with Gasteiger partial charge in [-0.2, -0.15) is 0 Å². The first-order valence-electron chi connectivity index (χ1n) is 5.13. The van der Waals surface area contributed by atoms with E-state index in [2.05, 4.69) is 15.0 Å². The van der Waals surface area contributed by atoms with Crippen molar-refractivity contribution < 1.29 is 26.4 Å². The van der Waals surface area contributed by atoms with Gasteiger partial charge in [-0.05, 0) is 13.0 Å². The summed E-state index contributed by atoms with van der Waals surface area (Å²) in [6, 6.07) is 1.20. The summed E-state index contributed by atoms with van der Waals surface area (Å²) in [6.07, 6.45) is -2.94. The minimum Gasteiger partial charge on any atom is -0.294 e. The molecule has 0 aromatic carbocycles. The smallest absolute Gasteiger partial charge is 0.294 e. The van der Waals surface area contributed by atoms with Gasteiger partial charge >= 0.3 is 6.36 Å². The van der Waals surface area contributed by atoms with Gasteiger partial charge in [-0.1, -0.05) is 12.1 Å². The predicted molar refractivity (Wildman–Crippen MR) is 61.4 cm³/mol. The molecular formula is C10H11F3N2O3S. The molecule has 0 saturated carbocycles. The summed E-state index contributed by atoms with van der Waals surface area (Å²) >= 11 is 0. The van der Waals surface area contributed by atoms with Gasteiger partial charge in [-0.25, -0.2) is 8.42 Å². The van der Waals surface area contributed by atoms with Gasteiger partial charge in [-0.15, -0.1) is 13.2 Å². The number of alkyl halides is 3. The zero-order chi connectivity index (χ0) is 14.7. The van der Waals surface area contributed by atoms with Crippen molar-refractivity contribution in [3.05, 3.63) is 23.5 Å². The highest BCUT2D eigenvalue weighted by Gasteiger charge is 2.30. The van der Waals surface area contributed by atoms with E-state index >= 15 is 0 Å². The molecule has 0 bridgehead atoms. The van der Waals surface area contributed by atoms with Crippen molar-refractivity contribution in [1.82, 2.24) is 4.98 Å². The zero-order valence-electron chi connectivity index (χ0n) is 10.1. The molecule has 0 spiro atoms. The Morgan fingerprint density at radius 2 is 2.11 bits per heavy atom. The number of hydrogen-bond acceptors (Lipinski definition) is 5. The number of halogens is 3. The SMILES string of the molecule is CCS(=O)(=O)c1cc(/C=N/OC(F)(F)F)cnc1C. The fourth-order valence-corrected chi connectivity index (χ4v) is 2.35. The molecular weight excluding hydrogens is 285 g/mol. The van der Waals surface area contributed by atoms with Crippen molar-refractivity contribution >= 4 is 16.1 Å². The van der Waals surface area contributed by atoms with E-state index < -0.39 is 16.2 Å². The van der Waals surface area contributed by atoms with Gasteiger partial charge in [0.05, 0.1) is 22.6 Å². The maximum Gasteiger partial charge on any atom is 0.593 e. The molecule has 0 amide bonds. The molecule has 5 nitrogen and oxygen atoms in total. The maximum absolute atomic E-state index is 11.7. The largest absolute Gasteiger partial charge is 0.593 e. The Balaban J connectivity index is 3.04. The van der Waals surface area contributed by atoms with Crippen LogP contribution in [0, 0.1) is 6.92 Å². The van der Waals surface area contributed by atoms with E-state index in [1.165, 1.54) is 26.1 Å². The number of rotatable bonds is 4. The molecule has 19 heavy (non-hydrogen) atoms. The van der Waals surface area contributed by atoms with Crippen molar-refractivity contribution in [3.8, 4) is 0 Å². The molecule has 1 heterocycles. The number of aromatic nitrogens is 1. The van der Waals surface area contributed by atoms with Gasteiger partial charge in [0.25, 0.3) is 0 Å². The molecule has 0 aliphatic rings. The van der Waals surface area contributed by atoms with Crippen LogP contribution in [0.25, 0.3) is 0 Å². The summed E-state index contributed by atoms with van der Waals surface area (Å²) in [5.41, 5.74) is 0.373. The van der Waals surface area contributed by atoms with Crippen LogP contribution in [0.3, 0.4) is 0 Å². The third-order valence-corrected chi connectivity index (χ3v) is 3.98. The first-order valence-corrected chi connectivity index (χ1v) is 6.78. The molecule has 0 unspecified atom stereocenters. The number of nitrogens with zero attached hydrogens (tertiary/aromatic N) is 2. The van der Waals surface area contributed by atoms with Gasteiger partial charge in [0.15, 0.2) is 9.84 Å². The van der Waals surface area contributed by atoms with Gasteiger partial charge < -0.3 is 0 Å². The Hall–Kier alpha value is -1.64. The fourth-order valence-electron chi connectivity index (χ4n) is 1.22. The lowest BCUT2D eigenvalue weighted by atomic mass is 10.3. The molecule has 0 fully saturated rings. The van der Waals surface area contributed by atoms with E-state index in [1.54, 1.807) is 0 Å². The van der Waals surface area contributed by atoms with Gasteiger partial charge in [0, 0.05) is 11.8 Å². The Labute approximate surface area is 108 Å². The molecule has 0 radical (unpaired) electrons. The van der Waals surface area contributed by atoms with Gasteiger partial charge in [0.1, 0.15) is 0 Å². The van der Waals surface area contributed by atoms with E-state index in [9.17, 15) is 21.6 Å². The molecule has 1 aromatic rings. The maximum atomic E-state index is 11.7. The van der Waals surface area contributed by atoms with Crippen LogP contribution in [0.4, 0.5) is 13.2 Å². The molecule has 0 N–H and O–H groups in total. The first kappa shape index (κ1) is 15.4. The lowest BCUT2D eigenvalue weighted by molar-refractivity contribution is -0.325. The number of sulfone groups is 1. The van der Waals surface area contributed by atoms with Crippen LogP contribution in [0.5, 0.6) is 0 Å². The Kier molecular flexibility index (Phi) is 4.51. The Morgan fingerprint density at radius 1 is 1.47 bits per heavy atom. The second-order valence-corrected chi connectivity index (χ2v) is 5.77. The van der Waals surface area contributed by atoms with Crippen molar-refractivity contribution in [2.75, 3.05) is 5.75 Å². The number of oxime groups is 1. The first-order chi connectivity index (χ1) is 8.65. The topological polar surface area (TPSA) is 68.6 Å². The monoisotopic (exact) mass is 296 g/mol. The standard InChI is InChI=1S/C10H11F3N2O3S/c1-3-19(16,17)9-4-8(5-14-7(9)2)6-15-18-10(11,12)13/h4-6H,3H2,1-2H3/b15-6+. The summed E-state index contributed by atoms with van der Waals surface area (Å²) in [6.45, 7) is 2.96. The van der Waals surface area contributed by atoms with Crippen LogP contribution in [-0.2, 0) is 14.7 Å². The number of pyridine rings is 1. The summed E-state index contributed by atoms with van der Waals surface area (Å²) in [5, 5.41) is 2.71. The highest BCUT2D eigenvalue weighted by molar-refractivity contribution is 7.91. The average molecular weight is 296 g/mol. The minimum atomic E-state index is -4.88. The van der Waals surface area contributed by atoms with Crippen molar-refractivity contribution in [1.29, 1.82) is 0 Å². The second-order valence-electron chi connectivity index (χ2n) is 3.53. The van der Waals surface area contributed by atoms with E-state index in [0.29, 0.717) is 0 Å². The second kappa shape index (κ2) is 5.55. The van der Waals surface area contributed by atoms with Crippen LogP contribution in [0.1, 0.15) is 18.2 Å². The molecule has 0 aliphatic carbocycles. The summed E-state index contributed by atoms with van der Waals surface area (Å²) in [5.74, 6) is -0.130. The number of aryl methyl sites for hydroxylation is 1. The summed E-state index contributed by atoms with van der Waals surface area (Å²) < 4.78 is 58.5. The molecule has 1 aromatic heterocycles.